The maximum Gasteiger partial charge on any atom is 0.341 e. The van der Waals surface area contributed by atoms with Gasteiger partial charge in [-0.2, -0.15) is 0 Å². The number of carbonyl (C=O) groups excluding carboxylic acids is 2. The molecule has 0 fully saturated rings. The predicted molar refractivity (Wildman–Crippen MR) is 116 cm³/mol. The normalized spacial score (nSPS) is 10.8. The van der Waals surface area contributed by atoms with Gasteiger partial charge in [0.1, 0.15) is 23.6 Å². The average Bonchev–Trinajstić information content (AvgIpc) is 3.00. The molecule has 0 saturated heterocycles. The van der Waals surface area contributed by atoms with E-state index in [-0.39, 0.29) is 36.4 Å². The lowest BCUT2D eigenvalue weighted by Crippen LogP contribution is -2.40. The van der Waals surface area contributed by atoms with Crippen molar-refractivity contribution in [2.75, 3.05) is 33.3 Å². The van der Waals surface area contributed by atoms with Crippen LogP contribution in [-0.4, -0.2) is 56.0 Å². The summed E-state index contributed by atoms with van der Waals surface area (Å²) in [5.74, 6) is 1.35. The third-order valence-corrected chi connectivity index (χ3v) is 3.86. The number of furan rings is 1. The van der Waals surface area contributed by atoms with Gasteiger partial charge in [-0.25, -0.2) is 9.79 Å². The van der Waals surface area contributed by atoms with Crippen molar-refractivity contribution in [2.45, 2.75) is 40.7 Å². The number of halogens is 1. The molecular weight excluding hydrogens is 463 g/mol. The highest BCUT2D eigenvalue weighted by Crippen LogP contribution is 2.16. The maximum absolute atomic E-state index is 12.0. The van der Waals surface area contributed by atoms with E-state index >= 15 is 0 Å². The van der Waals surface area contributed by atoms with Crippen molar-refractivity contribution in [1.29, 1.82) is 0 Å². The molecule has 1 rings (SSSR count). The van der Waals surface area contributed by atoms with Crippen LogP contribution in [0, 0.1) is 6.92 Å². The lowest BCUT2D eigenvalue weighted by molar-refractivity contribution is -0.130. The standard InChI is InChI=1S/C18H30N4O4.HI/c1-6-19-18(20-10-9-16(23)22(7-2)8-3)21-12-14-11-15(13(4)26-14)17(24)25-5;/h11H,6-10,12H2,1-5H3,(H2,19,20,21);1H. The molecule has 0 atom stereocenters. The molecule has 0 bridgehead atoms. The van der Waals surface area contributed by atoms with Gasteiger partial charge in [0.15, 0.2) is 5.96 Å². The summed E-state index contributed by atoms with van der Waals surface area (Å²) in [5, 5.41) is 6.26. The Labute approximate surface area is 178 Å². The molecule has 1 aromatic rings. The van der Waals surface area contributed by atoms with Gasteiger partial charge in [-0.15, -0.1) is 24.0 Å². The van der Waals surface area contributed by atoms with Crippen LogP contribution in [0.4, 0.5) is 0 Å². The molecule has 0 aliphatic heterocycles. The predicted octanol–water partition coefficient (Wildman–Crippen LogP) is 2.31. The van der Waals surface area contributed by atoms with Crippen molar-refractivity contribution in [2.24, 2.45) is 4.99 Å². The lowest BCUT2D eigenvalue weighted by atomic mass is 10.2. The van der Waals surface area contributed by atoms with Gasteiger partial charge in [-0.1, -0.05) is 0 Å². The summed E-state index contributed by atoms with van der Waals surface area (Å²) >= 11 is 0. The summed E-state index contributed by atoms with van der Waals surface area (Å²) < 4.78 is 10.3. The van der Waals surface area contributed by atoms with Gasteiger partial charge in [0.2, 0.25) is 5.91 Å². The van der Waals surface area contributed by atoms with Crippen molar-refractivity contribution in [1.82, 2.24) is 15.5 Å². The summed E-state index contributed by atoms with van der Waals surface area (Å²) in [5.41, 5.74) is 0.403. The molecule has 0 saturated carbocycles. The first kappa shape index (κ1) is 25.2. The number of nitrogens with zero attached hydrogens (tertiary/aromatic N) is 2. The number of ether oxygens (including phenoxy) is 1. The Morgan fingerprint density at radius 1 is 1.22 bits per heavy atom. The van der Waals surface area contributed by atoms with Gasteiger partial charge in [-0.05, 0) is 33.8 Å². The molecule has 1 amide bonds. The Hall–Kier alpha value is -1.78. The van der Waals surface area contributed by atoms with Gasteiger partial charge in [0, 0.05) is 32.6 Å². The fourth-order valence-corrected chi connectivity index (χ4v) is 2.46. The van der Waals surface area contributed by atoms with Crippen molar-refractivity contribution < 1.29 is 18.7 Å². The minimum absolute atomic E-state index is 0. The fourth-order valence-electron chi connectivity index (χ4n) is 2.46. The second-order valence-corrected chi connectivity index (χ2v) is 5.61. The van der Waals surface area contributed by atoms with E-state index in [0.29, 0.717) is 55.6 Å². The number of nitrogens with one attached hydrogen (secondary N) is 2. The smallest absolute Gasteiger partial charge is 0.341 e. The van der Waals surface area contributed by atoms with Crippen molar-refractivity contribution in [3.8, 4) is 0 Å². The summed E-state index contributed by atoms with van der Waals surface area (Å²) in [6.45, 7) is 10.5. The highest BCUT2D eigenvalue weighted by atomic mass is 127. The first-order valence-electron chi connectivity index (χ1n) is 8.94. The van der Waals surface area contributed by atoms with Crippen LogP contribution in [0.25, 0.3) is 0 Å². The van der Waals surface area contributed by atoms with Crippen molar-refractivity contribution in [3.63, 3.8) is 0 Å². The minimum atomic E-state index is -0.429. The Balaban J connectivity index is 0.00000676. The quantitative estimate of drug-likeness (QED) is 0.237. The first-order valence-corrected chi connectivity index (χ1v) is 8.94. The largest absolute Gasteiger partial charge is 0.465 e. The van der Waals surface area contributed by atoms with Crippen molar-refractivity contribution in [3.05, 3.63) is 23.2 Å². The molecule has 0 spiro atoms. The van der Waals surface area contributed by atoms with Crippen LogP contribution in [0.1, 0.15) is 49.1 Å². The van der Waals surface area contributed by atoms with Crippen LogP contribution in [-0.2, 0) is 16.1 Å². The maximum atomic E-state index is 12.0. The molecular formula is C18H31IN4O4. The van der Waals surface area contributed by atoms with Crippen LogP contribution in [0.2, 0.25) is 0 Å². The fraction of sp³-hybridized carbons (Fsp3) is 0.611. The number of aryl methyl sites for hydroxylation is 1. The number of carbonyl (C=O) groups is 2. The van der Waals surface area contributed by atoms with Crippen LogP contribution in [0.15, 0.2) is 15.5 Å². The number of guanidine groups is 1. The monoisotopic (exact) mass is 494 g/mol. The Kier molecular flexibility index (Phi) is 12.5. The molecule has 0 radical (unpaired) electrons. The van der Waals surface area contributed by atoms with E-state index in [4.69, 9.17) is 9.15 Å². The lowest BCUT2D eigenvalue weighted by Gasteiger charge is -2.19. The van der Waals surface area contributed by atoms with Crippen LogP contribution in [0.5, 0.6) is 0 Å². The molecule has 0 aliphatic rings. The topological polar surface area (TPSA) is 96.2 Å². The highest BCUT2D eigenvalue weighted by molar-refractivity contribution is 14.0. The number of hydrogen-bond donors (Lipinski definition) is 2. The van der Waals surface area contributed by atoms with Crippen LogP contribution < -0.4 is 10.6 Å². The number of hydrogen-bond acceptors (Lipinski definition) is 5. The van der Waals surface area contributed by atoms with Crippen LogP contribution in [0.3, 0.4) is 0 Å². The number of rotatable bonds is 9. The third-order valence-electron chi connectivity index (χ3n) is 3.86. The van der Waals surface area contributed by atoms with Gasteiger partial charge < -0.3 is 24.7 Å². The number of esters is 1. The van der Waals surface area contributed by atoms with Gasteiger partial charge in [-0.3, -0.25) is 4.79 Å². The molecule has 0 unspecified atom stereocenters. The SMILES string of the molecule is CCNC(=NCc1cc(C(=O)OC)c(C)o1)NCCC(=O)N(CC)CC.I. The minimum Gasteiger partial charge on any atom is -0.465 e. The zero-order valence-corrected chi connectivity index (χ0v) is 19.1. The zero-order chi connectivity index (χ0) is 19.5. The Morgan fingerprint density at radius 2 is 1.89 bits per heavy atom. The molecule has 0 aliphatic carbocycles. The molecule has 27 heavy (non-hydrogen) atoms. The summed E-state index contributed by atoms with van der Waals surface area (Å²) in [4.78, 5) is 29.9. The number of aliphatic imine (C=N–C) groups is 1. The van der Waals surface area contributed by atoms with E-state index in [0.717, 1.165) is 0 Å². The van der Waals surface area contributed by atoms with E-state index in [1.807, 2.05) is 20.8 Å². The van der Waals surface area contributed by atoms with E-state index < -0.39 is 5.97 Å². The van der Waals surface area contributed by atoms with E-state index in [1.54, 1.807) is 17.9 Å². The second-order valence-electron chi connectivity index (χ2n) is 5.61. The molecule has 154 valence electrons. The number of amides is 1. The molecule has 1 aromatic heterocycles. The molecule has 9 heteroatoms. The summed E-state index contributed by atoms with van der Waals surface area (Å²) in [7, 11) is 1.33. The van der Waals surface area contributed by atoms with Crippen molar-refractivity contribution >= 4 is 41.8 Å². The van der Waals surface area contributed by atoms with E-state index in [2.05, 4.69) is 15.6 Å². The Morgan fingerprint density at radius 3 is 2.44 bits per heavy atom. The molecule has 0 aromatic carbocycles. The molecule has 8 nitrogen and oxygen atoms in total. The summed E-state index contributed by atoms with van der Waals surface area (Å²) in [6.07, 6.45) is 0.401. The van der Waals surface area contributed by atoms with E-state index in [1.165, 1.54) is 7.11 Å². The molecule has 2 N–H and O–H groups in total. The first-order chi connectivity index (χ1) is 12.5. The van der Waals surface area contributed by atoms with Crippen LogP contribution >= 0.6 is 24.0 Å². The third kappa shape index (κ3) is 8.19. The van der Waals surface area contributed by atoms with Gasteiger partial charge in [0.05, 0.1) is 7.11 Å². The average molecular weight is 494 g/mol. The molecule has 1 heterocycles. The number of methoxy groups -OCH3 is 1. The van der Waals surface area contributed by atoms with E-state index in [9.17, 15) is 9.59 Å². The van der Waals surface area contributed by atoms with Gasteiger partial charge in [0.25, 0.3) is 0 Å². The second kappa shape index (κ2) is 13.4. The van der Waals surface area contributed by atoms with Gasteiger partial charge >= 0.3 is 5.97 Å². The Bertz CT molecular complexity index is 627. The summed E-state index contributed by atoms with van der Waals surface area (Å²) in [6, 6.07) is 1.64. The zero-order valence-electron chi connectivity index (χ0n) is 16.8. The highest BCUT2D eigenvalue weighted by Gasteiger charge is 2.15.